The summed E-state index contributed by atoms with van der Waals surface area (Å²) in [5.74, 6) is 0.251. The number of esters is 1. The standard InChI is InChI=1S/C22H20Cl2N2O4/c1-29-22(28)14-26(13-15-6-8-16(23)9-7-15)21(27)11-10-20-25-12-19(30-20)17-4-2-3-5-18(17)24/h2-9,12H,10-11,13-14H2,1H3. The number of methoxy groups -OCH3 is 1. The number of amides is 1. The molecule has 0 spiro atoms. The molecule has 0 saturated heterocycles. The molecule has 0 unspecified atom stereocenters. The van der Waals surface area contributed by atoms with Crippen molar-refractivity contribution >= 4 is 35.1 Å². The second-order valence-corrected chi connectivity index (χ2v) is 7.39. The van der Waals surface area contributed by atoms with Crippen molar-refractivity contribution in [2.75, 3.05) is 13.7 Å². The van der Waals surface area contributed by atoms with E-state index in [9.17, 15) is 9.59 Å². The first-order chi connectivity index (χ1) is 14.5. The molecule has 3 aromatic rings. The number of carbonyl (C=O) groups is 2. The molecule has 0 atom stereocenters. The van der Waals surface area contributed by atoms with Crippen molar-refractivity contribution in [3.8, 4) is 11.3 Å². The van der Waals surface area contributed by atoms with E-state index in [-0.39, 0.29) is 25.4 Å². The van der Waals surface area contributed by atoms with Gasteiger partial charge in [-0.15, -0.1) is 0 Å². The molecule has 1 heterocycles. The summed E-state index contributed by atoms with van der Waals surface area (Å²) in [7, 11) is 1.29. The first kappa shape index (κ1) is 21.9. The van der Waals surface area contributed by atoms with Crippen molar-refractivity contribution in [3.05, 3.63) is 76.2 Å². The van der Waals surface area contributed by atoms with E-state index in [0.29, 0.717) is 28.1 Å². The average Bonchev–Trinajstić information content (AvgIpc) is 3.22. The molecule has 0 aliphatic carbocycles. The molecule has 1 amide bonds. The number of ether oxygens (including phenoxy) is 1. The average molecular weight is 447 g/mol. The summed E-state index contributed by atoms with van der Waals surface area (Å²) in [5.41, 5.74) is 1.59. The van der Waals surface area contributed by atoms with Crippen LogP contribution in [0, 0.1) is 0 Å². The lowest BCUT2D eigenvalue weighted by Crippen LogP contribution is -2.35. The van der Waals surface area contributed by atoms with E-state index >= 15 is 0 Å². The van der Waals surface area contributed by atoms with Crippen molar-refractivity contribution in [1.82, 2.24) is 9.88 Å². The molecule has 0 bridgehead atoms. The van der Waals surface area contributed by atoms with Gasteiger partial charge in [0.15, 0.2) is 11.7 Å². The first-order valence-electron chi connectivity index (χ1n) is 9.25. The van der Waals surface area contributed by atoms with E-state index in [1.54, 1.807) is 24.4 Å². The predicted molar refractivity (Wildman–Crippen MR) is 114 cm³/mol. The molecule has 30 heavy (non-hydrogen) atoms. The number of carbonyl (C=O) groups excluding carboxylic acids is 2. The Kier molecular flexibility index (Phi) is 7.49. The number of aryl methyl sites for hydroxylation is 1. The molecule has 0 radical (unpaired) electrons. The smallest absolute Gasteiger partial charge is 0.325 e. The van der Waals surface area contributed by atoms with Crippen molar-refractivity contribution < 1.29 is 18.7 Å². The van der Waals surface area contributed by atoms with Gasteiger partial charge in [-0.25, -0.2) is 4.98 Å². The normalized spacial score (nSPS) is 10.6. The van der Waals surface area contributed by atoms with Gasteiger partial charge < -0.3 is 14.1 Å². The van der Waals surface area contributed by atoms with Crippen molar-refractivity contribution in [2.45, 2.75) is 19.4 Å². The van der Waals surface area contributed by atoms with Gasteiger partial charge in [0.05, 0.1) is 18.3 Å². The highest BCUT2D eigenvalue weighted by atomic mass is 35.5. The number of rotatable bonds is 8. The van der Waals surface area contributed by atoms with Gasteiger partial charge in [0.25, 0.3) is 0 Å². The number of aromatic nitrogens is 1. The Labute approximate surface area is 184 Å². The minimum atomic E-state index is -0.491. The van der Waals surface area contributed by atoms with Crippen LogP contribution in [0.5, 0.6) is 0 Å². The fourth-order valence-electron chi connectivity index (χ4n) is 2.85. The van der Waals surface area contributed by atoms with Crippen LogP contribution >= 0.6 is 23.2 Å². The molecule has 0 N–H and O–H groups in total. The van der Waals surface area contributed by atoms with Gasteiger partial charge in [-0.1, -0.05) is 47.5 Å². The fourth-order valence-corrected chi connectivity index (χ4v) is 3.20. The number of oxazole rings is 1. The Morgan fingerprint density at radius 2 is 1.83 bits per heavy atom. The van der Waals surface area contributed by atoms with E-state index in [1.807, 2.05) is 30.3 Å². The van der Waals surface area contributed by atoms with Gasteiger partial charge in [0.2, 0.25) is 5.91 Å². The maximum atomic E-state index is 12.8. The molecule has 1 aromatic heterocycles. The molecular weight excluding hydrogens is 427 g/mol. The Morgan fingerprint density at radius 1 is 1.10 bits per heavy atom. The maximum absolute atomic E-state index is 12.8. The largest absolute Gasteiger partial charge is 0.468 e. The zero-order valence-corrected chi connectivity index (χ0v) is 17.8. The number of benzene rings is 2. The second-order valence-electron chi connectivity index (χ2n) is 6.55. The van der Waals surface area contributed by atoms with Gasteiger partial charge >= 0.3 is 5.97 Å². The molecule has 0 aliphatic rings. The van der Waals surface area contributed by atoms with Crippen LogP contribution in [0.25, 0.3) is 11.3 Å². The SMILES string of the molecule is COC(=O)CN(Cc1ccc(Cl)cc1)C(=O)CCc1ncc(-c2ccccc2Cl)o1. The third kappa shape index (κ3) is 5.84. The highest BCUT2D eigenvalue weighted by Gasteiger charge is 2.19. The monoisotopic (exact) mass is 446 g/mol. The van der Waals surface area contributed by atoms with Gasteiger partial charge in [0.1, 0.15) is 6.54 Å². The number of hydrogen-bond acceptors (Lipinski definition) is 5. The summed E-state index contributed by atoms with van der Waals surface area (Å²) in [6, 6.07) is 14.4. The van der Waals surface area contributed by atoms with E-state index in [0.717, 1.165) is 11.1 Å². The summed E-state index contributed by atoms with van der Waals surface area (Å²) >= 11 is 12.1. The zero-order chi connectivity index (χ0) is 21.5. The van der Waals surface area contributed by atoms with E-state index in [1.165, 1.54) is 12.0 Å². The summed E-state index contributed by atoms with van der Waals surface area (Å²) in [6.07, 6.45) is 2.01. The van der Waals surface area contributed by atoms with Gasteiger partial charge in [-0.3, -0.25) is 9.59 Å². The minimum absolute atomic E-state index is 0.132. The van der Waals surface area contributed by atoms with Crippen LogP contribution in [0.4, 0.5) is 0 Å². The van der Waals surface area contributed by atoms with Crippen molar-refractivity contribution in [1.29, 1.82) is 0 Å². The minimum Gasteiger partial charge on any atom is -0.468 e. The molecule has 0 aliphatic heterocycles. The van der Waals surface area contributed by atoms with Crippen LogP contribution in [-0.2, 0) is 27.3 Å². The van der Waals surface area contributed by atoms with Crippen LogP contribution in [0.1, 0.15) is 17.9 Å². The molecule has 156 valence electrons. The zero-order valence-electron chi connectivity index (χ0n) is 16.3. The number of hydrogen-bond donors (Lipinski definition) is 0. The third-order valence-corrected chi connectivity index (χ3v) is 5.01. The van der Waals surface area contributed by atoms with Gasteiger partial charge in [0, 0.05) is 30.0 Å². The van der Waals surface area contributed by atoms with Crippen LogP contribution in [0.2, 0.25) is 10.0 Å². The molecule has 3 rings (SSSR count). The van der Waals surface area contributed by atoms with Crippen LogP contribution in [0.15, 0.2) is 59.1 Å². The summed E-state index contributed by atoms with van der Waals surface area (Å²) in [5, 5.41) is 1.16. The summed E-state index contributed by atoms with van der Waals surface area (Å²) in [6.45, 7) is 0.121. The Balaban J connectivity index is 1.66. The fraction of sp³-hybridized carbons (Fsp3) is 0.227. The molecular formula is C22H20Cl2N2O4. The predicted octanol–water partition coefficient (Wildman–Crippen LogP) is 4.78. The van der Waals surface area contributed by atoms with E-state index in [2.05, 4.69) is 4.98 Å². The topological polar surface area (TPSA) is 72.6 Å². The molecule has 6 nitrogen and oxygen atoms in total. The van der Waals surface area contributed by atoms with E-state index < -0.39 is 5.97 Å². The molecule has 0 fully saturated rings. The van der Waals surface area contributed by atoms with Crippen LogP contribution in [-0.4, -0.2) is 35.4 Å². The lowest BCUT2D eigenvalue weighted by Gasteiger charge is -2.21. The van der Waals surface area contributed by atoms with Crippen LogP contribution < -0.4 is 0 Å². The summed E-state index contributed by atoms with van der Waals surface area (Å²) in [4.78, 5) is 30.2. The second kappa shape index (κ2) is 10.3. The molecule has 2 aromatic carbocycles. The maximum Gasteiger partial charge on any atom is 0.325 e. The number of halogens is 2. The highest BCUT2D eigenvalue weighted by molar-refractivity contribution is 6.33. The number of nitrogens with zero attached hydrogens (tertiary/aromatic N) is 2. The van der Waals surface area contributed by atoms with E-state index in [4.69, 9.17) is 32.4 Å². The van der Waals surface area contributed by atoms with Crippen molar-refractivity contribution in [2.24, 2.45) is 0 Å². The quantitative estimate of drug-likeness (QED) is 0.465. The van der Waals surface area contributed by atoms with Crippen molar-refractivity contribution in [3.63, 3.8) is 0 Å². The summed E-state index contributed by atoms with van der Waals surface area (Å²) < 4.78 is 10.5. The highest BCUT2D eigenvalue weighted by Crippen LogP contribution is 2.28. The lowest BCUT2D eigenvalue weighted by molar-refractivity contribution is -0.147. The Morgan fingerprint density at radius 3 is 2.53 bits per heavy atom. The Bertz CT molecular complexity index is 1020. The van der Waals surface area contributed by atoms with Gasteiger partial charge in [-0.2, -0.15) is 0 Å². The van der Waals surface area contributed by atoms with Crippen LogP contribution in [0.3, 0.4) is 0 Å². The first-order valence-corrected chi connectivity index (χ1v) is 10.0. The molecule has 0 saturated carbocycles. The third-order valence-electron chi connectivity index (χ3n) is 4.43. The lowest BCUT2D eigenvalue weighted by atomic mass is 10.2. The van der Waals surface area contributed by atoms with Gasteiger partial charge in [-0.05, 0) is 29.8 Å². The Hall–Kier alpha value is -2.83. The molecule has 8 heteroatoms.